The zero-order chi connectivity index (χ0) is 13.1. The molecule has 7 heteroatoms. The third-order valence-electron chi connectivity index (χ3n) is 2.24. The number of rotatable bonds is 4. The van der Waals surface area contributed by atoms with Gasteiger partial charge in [0.25, 0.3) is 5.91 Å². The van der Waals surface area contributed by atoms with Crippen LogP contribution in [-0.4, -0.2) is 10.9 Å². The number of nitrogens with one attached hydrogen (secondary N) is 1. The molecule has 1 amide bonds. The SMILES string of the molecule is NC(=O)c1cccc(Br)c1NCc1cnc(Cl)s1. The summed E-state index contributed by atoms with van der Waals surface area (Å²) in [6.45, 7) is 0.535. The standard InChI is InChI=1S/C11H9BrClN3OS/c12-8-3-1-2-7(10(14)17)9(8)15-4-6-5-16-11(13)18-6/h1-3,5,15H,4H2,(H2,14,17). The minimum absolute atomic E-state index is 0.444. The fourth-order valence-electron chi connectivity index (χ4n) is 1.45. The second kappa shape index (κ2) is 5.69. The molecule has 1 heterocycles. The molecule has 4 nitrogen and oxygen atoms in total. The Bertz CT molecular complexity index is 587. The summed E-state index contributed by atoms with van der Waals surface area (Å²) in [4.78, 5) is 16.2. The highest BCUT2D eigenvalue weighted by Gasteiger charge is 2.11. The molecule has 18 heavy (non-hydrogen) atoms. The van der Waals surface area contributed by atoms with Gasteiger partial charge in [0.15, 0.2) is 4.47 Å². The number of carbonyl (C=O) groups excluding carboxylic acids is 1. The number of benzene rings is 1. The predicted molar refractivity (Wildman–Crippen MR) is 77.1 cm³/mol. The van der Waals surface area contributed by atoms with Crippen molar-refractivity contribution in [3.8, 4) is 0 Å². The van der Waals surface area contributed by atoms with Gasteiger partial charge >= 0.3 is 0 Å². The number of nitrogens with two attached hydrogens (primary N) is 1. The molecule has 94 valence electrons. The topological polar surface area (TPSA) is 68.0 Å². The fraction of sp³-hybridized carbons (Fsp3) is 0.0909. The summed E-state index contributed by atoms with van der Waals surface area (Å²) in [6, 6.07) is 5.28. The van der Waals surface area contributed by atoms with Crippen molar-refractivity contribution in [2.45, 2.75) is 6.54 Å². The predicted octanol–water partition coefficient (Wildman–Crippen LogP) is 3.27. The Morgan fingerprint density at radius 3 is 2.94 bits per heavy atom. The summed E-state index contributed by atoms with van der Waals surface area (Å²) >= 11 is 10.5. The van der Waals surface area contributed by atoms with Gasteiger partial charge in [-0.05, 0) is 28.1 Å². The third kappa shape index (κ3) is 3.01. The lowest BCUT2D eigenvalue weighted by Gasteiger charge is -2.10. The number of aromatic nitrogens is 1. The monoisotopic (exact) mass is 345 g/mol. The molecule has 1 aromatic heterocycles. The second-order valence-corrected chi connectivity index (χ2v) is 6.01. The molecule has 3 N–H and O–H groups in total. The number of para-hydroxylation sites is 1. The molecule has 0 aliphatic heterocycles. The summed E-state index contributed by atoms with van der Waals surface area (Å²) in [7, 11) is 0. The van der Waals surface area contributed by atoms with Crippen LogP contribution in [0.15, 0.2) is 28.9 Å². The van der Waals surface area contributed by atoms with Crippen molar-refractivity contribution in [2.75, 3.05) is 5.32 Å². The van der Waals surface area contributed by atoms with Crippen molar-refractivity contribution < 1.29 is 4.79 Å². The van der Waals surface area contributed by atoms with E-state index in [4.69, 9.17) is 17.3 Å². The van der Waals surface area contributed by atoms with E-state index in [9.17, 15) is 4.79 Å². The Morgan fingerprint density at radius 2 is 2.33 bits per heavy atom. The van der Waals surface area contributed by atoms with E-state index in [1.807, 2.05) is 6.07 Å². The lowest BCUT2D eigenvalue weighted by molar-refractivity contribution is 0.100. The third-order valence-corrected chi connectivity index (χ3v) is 4.02. The summed E-state index contributed by atoms with van der Waals surface area (Å²) in [5.41, 5.74) is 6.45. The number of hydrogen-bond acceptors (Lipinski definition) is 4. The maximum absolute atomic E-state index is 11.3. The molecule has 0 bridgehead atoms. The summed E-state index contributed by atoms with van der Waals surface area (Å²) < 4.78 is 1.28. The molecule has 0 unspecified atom stereocenters. The Labute approximate surface area is 121 Å². The van der Waals surface area contributed by atoms with Crippen LogP contribution < -0.4 is 11.1 Å². The van der Waals surface area contributed by atoms with Crippen molar-refractivity contribution in [3.63, 3.8) is 0 Å². The average Bonchev–Trinajstić information content (AvgIpc) is 2.73. The van der Waals surface area contributed by atoms with Crippen LogP contribution in [0.1, 0.15) is 15.2 Å². The highest BCUT2D eigenvalue weighted by atomic mass is 79.9. The van der Waals surface area contributed by atoms with Gasteiger partial charge in [-0.2, -0.15) is 0 Å². The average molecular weight is 347 g/mol. The first-order valence-electron chi connectivity index (χ1n) is 5.00. The van der Waals surface area contributed by atoms with E-state index in [-0.39, 0.29) is 0 Å². The minimum Gasteiger partial charge on any atom is -0.379 e. The van der Waals surface area contributed by atoms with Crippen LogP contribution in [0.3, 0.4) is 0 Å². The number of nitrogens with zero attached hydrogens (tertiary/aromatic N) is 1. The van der Waals surface area contributed by atoms with E-state index < -0.39 is 5.91 Å². The summed E-state index contributed by atoms with van der Waals surface area (Å²) in [5, 5.41) is 3.16. The fourth-order valence-corrected chi connectivity index (χ4v) is 2.87. The van der Waals surface area contributed by atoms with Crippen LogP contribution in [0, 0.1) is 0 Å². The maximum Gasteiger partial charge on any atom is 0.250 e. The van der Waals surface area contributed by atoms with Gasteiger partial charge < -0.3 is 11.1 Å². The van der Waals surface area contributed by atoms with Crippen LogP contribution in [0.5, 0.6) is 0 Å². The van der Waals surface area contributed by atoms with Gasteiger partial charge in [0.2, 0.25) is 0 Å². The number of hydrogen-bond donors (Lipinski definition) is 2. The number of carbonyl (C=O) groups is 1. The van der Waals surface area contributed by atoms with Crippen molar-refractivity contribution in [1.29, 1.82) is 0 Å². The van der Waals surface area contributed by atoms with Crippen molar-refractivity contribution in [1.82, 2.24) is 4.98 Å². The van der Waals surface area contributed by atoms with Gasteiger partial charge in [0.05, 0.1) is 17.8 Å². The number of thiazole rings is 1. The molecular weight excluding hydrogens is 338 g/mol. The molecule has 0 atom stereocenters. The van der Waals surface area contributed by atoms with E-state index in [1.54, 1.807) is 18.3 Å². The molecule has 2 aromatic rings. The summed E-state index contributed by atoms with van der Waals surface area (Å²) in [6.07, 6.45) is 1.70. The molecule has 1 aromatic carbocycles. The zero-order valence-corrected chi connectivity index (χ0v) is 12.3. The smallest absolute Gasteiger partial charge is 0.250 e. The largest absolute Gasteiger partial charge is 0.379 e. The Morgan fingerprint density at radius 1 is 1.56 bits per heavy atom. The van der Waals surface area contributed by atoms with Gasteiger partial charge in [-0.1, -0.05) is 17.7 Å². The van der Waals surface area contributed by atoms with Gasteiger partial charge in [0.1, 0.15) is 0 Å². The Hall–Kier alpha value is -1.11. The minimum atomic E-state index is -0.471. The highest BCUT2D eigenvalue weighted by molar-refractivity contribution is 9.10. The van der Waals surface area contributed by atoms with Gasteiger partial charge in [-0.25, -0.2) is 4.98 Å². The number of anilines is 1. The first kappa shape index (κ1) is 13.3. The van der Waals surface area contributed by atoms with Crippen LogP contribution in [0.25, 0.3) is 0 Å². The maximum atomic E-state index is 11.3. The van der Waals surface area contributed by atoms with E-state index in [0.717, 1.165) is 9.35 Å². The Balaban J connectivity index is 2.20. The van der Waals surface area contributed by atoms with E-state index in [2.05, 4.69) is 26.2 Å². The highest BCUT2D eigenvalue weighted by Crippen LogP contribution is 2.27. The molecule has 0 radical (unpaired) electrons. The molecule has 0 saturated heterocycles. The number of primary amides is 1. The van der Waals surface area contributed by atoms with Crippen LogP contribution in [-0.2, 0) is 6.54 Å². The van der Waals surface area contributed by atoms with Gasteiger partial charge in [-0.3, -0.25) is 4.79 Å². The number of amides is 1. The lowest BCUT2D eigenvalue weighted by Crippen LogP contribution is -2.14. The van der Waals surface area contributed by atoms with Crippen LogP contribution >= 0.6 is 38.9 Å². The van der Waals surface area contributed by atoms with Gasteiger partial charge in [-0.15, -0.1) is 11.3 Å². The Kier molecular flexibility index (Phi) is 4.21. The molecule has 0 spiro atoms. The second-order valence-electron chi connectivity index (χ2n) is 3.46. The lowest BCUT2D eigenvalue weighted by atomic mass is 10.1. The zero-order valence-electron chi connectivity index (χ0n) is 9.11. The molecule has 2 rings (SSSR count). The molecule has 0 saturated carbocycles. The van der Waals surface area contributed by atoms with Gasteiger partial charge in [0, 0.05) is 15.5 Å². The number of halogens is 2. The van der Waals surface area contributed by atoms with E-state index >= 15 is 0 Å². The van der Waals surface area contributed by atoms with Crippen LogP contribution in [0.4, 0.5) is 5.69 Å². The first-order valence-corrected chi connectivity index (χ1v) is 6.99. The molecular formula is C11H9BrClN3OS. The normalized spacial score (nSPS) is 10.3. The molecule has 0 aliphatic rings. The quantitative estimate of drug-likeness (QED) is 0.893. The molecule has 0 fully saturated rings. The molecule has 0 aliphatic carbocycles. The van der Waals surface area contributed by atoms with E-state index in [1.165, 1.54) is 11.3 Å². The summed E-state index contributed by atoms with van der Waals surface area (Å²) in [5.74, 6) is -0.471. The van der Waals surface area contributed by atoms with Crippen LogP contribution in [0.2, 0.25) is 4.47 Å². The van der Waals surface area contributed by atoms with Crippen molar-refractivity contribution in [3.05, 3.63) is 43.8 Å². The first-order chi connectivity index (χ1) is 8.58. The van der Waals surface area contributed by atoms with E-state index in [0.29, 0.717) is 22.3 Å². The van der Waals surface area contributed by atoms with Crippen molar-refractivity contribution in [2.24, 2.45) is 5.73 Å². The van der Waals surface area contributed by atoms with Crippen molar-refractivity contribution >= 4 is 50.5 Å².